The maximum atomic E-state index is 11.6. The summed E-state index contributed by atoms with van der Waals surface area (Å²) in [5, 5.41) is 10.7. The van der Waals surface area contributed by atoms with Crippen molar-refractivity contribution in [3.63, 3.8) is 0 Å². The van der Waals surface area contributed by atoms with Gasteiger partial charge in [-0.25, -0.2) is 0 Å². The quantitative estimate of drug-likeness (QED) is 0.849. The summed E-state index contributed by atoms with van der Waals surface area (Å²) in [6.07, 6.45) is 1.06. The van der Waals surface area contributed by atoms with Crippen LogP contribution in [0.3, 0.4) is 0 Å². The van der Waals surface area contributed by atoms with E-state index in [2.05, 4.69) is 15.8 Å². The first kappa shape index (κ1) is 14.3. The van der Waals surface area contributed by atoms with E-state index in [1.807, 2.05) is 17.5 Å². The molecule has 2 rings (SSSR count). The number of hydrogen-bond acceptors (Lipinski definition) is 5. The smallest absolute Gasteiger partial charge is 0.245 e. The Bertz CT molecular complexity index is 577. The highest BCUT2D eigenvalue weighted by molar-refractivity contribution is 7.09. The number of amides is 2. The van der Waals surface area contributed by atoms with E-state index in [-0.39, 0.29) is 18.4 Å². The Balaban J connectivity index is 1.66. The third-order valence-corrected chi connectivity index (χ3v) is 3.46. The van der Waals surface area contributed by atoms with Crippen molar-refractivity contribution in [2.45, 2.75) is 19.8 Å². The molecule has 0 radical (unpaired) electrons. The number of aromatic nitrogens is 1. The van der Waals surface area contributed by atoms with Crippen LogP contribution >= 0.6 is 11.3 Å². The fourth-order valence-electron chi connectivity index (χ4n) is 1.57. The van der Waals surface area contributed by atoms with Crippen LogP contribution in [0.2, 0.25) is 0 Å². The van der Waals surface area contributed by atoms with Gasteiger partial charge >= 0.3 is 0 Å². The number of aryl methyl sites for hydroxylation is 2. The molecule has 6 nitrogen and oxygen atoms in total. The monoisotopic (exact) mass is 293 g/mol. The summed E-state index contributed by atoms with van der Waals surface area (Å²) < 4.78 is 4.82. The Morgan fingerprint density at radius 3 is 2.90 bits per heavy atom. The number of nitrogens with one attached hydrogen (secondary N) is 2. The van der Waals surface area contributed by atoms with Gasteiger partial charge in [0, 0.05) is 17.4 Å². The van der Waals surface area contributed by atoms with Crippen molar-refractivity contribution < 1.29 is 14.1 Å². The summed E-state index contributed by atoms with van der Waals surface area (Å²) in [5.41, 5.74) is 0. The van der Waals surface area contributed by atoms with Crippen LogP contribution in [0, 0.1) is 6.92 Å². The summed E-state index contributed by atoms with van der Waals surface area (Å²) in [6.45, 7) is 1.66. The molecule has 7 heteroatoms. The number of carbonyl (C=O) groups is 2. The van der Waals surface area contributed by atoms with Crippen LogP contribution in [0.4, 0.5) is 5.82 Å². The SMILES string of the molecule is Cc1cc(NC(=O)CNC(=O)CCc2cccs2)no1. The molecule has 0 atom stereocenters. The van der Waals surface area contributed by atoms with E-state index in [1.54, 1.807) is 24.3 Å². The van der Waals surface area contributed by atoms with Gasteiger partial charge in [0.05, 0.1) is 6.54 Å². The summed E-state index contributed by atoms with van der Waals surface area (Å²) in [4.78, 5) is 24.3. The van der Waals surface area contributed by atoms with Crippen molar-refractivity contribution in [1.29, 1.82) is 0 Å². The number of rotatable bonds is 6. The Morgan fingerprint density at radius 2 is 2.25 bits per heavy atom. The van der Waals surface area contributed by atoms with Crippen molar-refractivity contribution >= 4 is 29.0 Å². The minimum absolute atomic E-state index is 0.0742. The first-order valence-electron chi connectivity index (χ1n) is 6.16. The summed E-state index contributed by atoms with van der Waals surface area (Å²) in [7, 11) is 0. The fraction of sp³-hybridized carbons (Fsp3) is 0.308. The third kappa shape index (κ3) is 4.51. The predicted molar refractivity (Wildman–Crippen MR) is 75.5 cm³/mol. The van der Waals surface area contributed by atoms with Crippen molar-refractivity contribution in [2.75, 3.05) is 11.9 Å². The van der Waals surface area contributed by atoms with E-state index in [0.717, 1.165) is 4.88 Å². The van der Waals surface area contributed by atoms with Gasteiger partial charge in [0.1, 0.15) is 5.76 Å². The molecule has 0 fully saturated rings. The molecule has 2 aromatic heterocycles. The van der Waals surface area contributed by atoms with Crippen LogP contribution in [0.15, 0.2) is 28.1 Å². The molecule has 0 saturated heterocycles. The second-order valence-corrected chi connectivity index (χ2v) is 5.26. The van der Waals surface area contributed by atoms with E-state index >= 15 is 0 Å². The first-order valence-corrected chi connectivity index (χ1v) is 7.03. The fourth-order valence-corrected chi connectivity index (χ4v) is 2.28. The summed E-state index contributed by atoms with van der Waals surface area (Å²) >= 11 is 1.62. The minimum Gasteiger partial charge on any atom is -0.360 e. The van der Waals surface area contributed by atoms with Crippen molar-refractivity contribution in [2.24, 2.45) is 0 Å². The molecular formula is C13H15N3O3S. The lowest BCUT2D eigenvalue weighted by molar-refractivity contribution is -0.124. The summed E-state index contributed by atoms with van der Waals surface area (Å²) in [5.74, 6) is 0.480. The zero-order chi connectivity index (χ0) is 14.4. The van der Waals surface area contributed by atoms with E-state index in [1.165, 1.54) is 0 Å². The highest BCUT2D eigenvalue weighted by Crippen LogP contribution is 2.10. The molecule has 2 aromatic rings. The lowest BCUT2D eigenvalue weighted by Crippen LogP contribution is -2.33. The molecule has 0 spiro atoms. The van der Waals surface area contributed by atoms with Gasteiger partial charge in [-0.3, -0.25) is 9.59 Å². The van der Waals surface area contributed by atoms with Crippen LogP contribution in [0.1, 0.15) is 17.1 Å². The van der Waals surface area contributed by atoms with E-state index < -0.39 is 0 Å². The topological polar surface area (TPSA) is 84.2 Å². The second-order valence-electron chi connectivity index (χ2n) is 4.23. The van der Waals surface area contributed by atoms with Gasteiger partial charge in [-0.2, -0.15) is 0 Å². The van der Waals surface area contributed by atoms with Gasteiger partial charge in [0.15, 0.2) is 5.82 Å². The van der Waals surface area contributed by atoms with E-state index in [4.69, 9.17) is 4.52 Å². The lowest BCUT2D eigenvalue weighted by Gasteiger charge is -2.04. The molecule has 0 bridgehead atoms. The maximum absolute atomic E-state index is 11.6. The predicted octanol–water partition coefficient (Wildman–Crippen LogP) is 1.73. The Labute approximate surface area is 120 Å². The average molecular weight is 293 g/mol. The molecule has 20 heavy (non-hydrogen) atoms. The second kappa shape index (κ2) is 6.85. The van der Waals surface area contributed by atoms with Gasteiger partial charge in [0.25, 0.3) is 0 Å². The largest absolute Gasteiger partial charge is 0.360 e. The highest BCUT2D eigenvalue weighted by atomic mass is 32.1. The van der Waals surface area contributed by atoms with Crippen molar-refractivity contribution in [3.05, 3.63) is 34.2 Å². The van der Waals surface area contributed by atoms with Crippen LogP contribution < -0.4 is 10.6 Å². The van der Waals surface area contributed by atoms with Gasteiger partial charge in [-0.1, -0.05) is 11.2 Å². The van der Waals surface area contributed by atoms with Crippen LogP contribution in [-0.2, 0) is 16.0 Å². The Kier molecular flexibility index (Phi) is 4.89. The molecule has 0 saturated carbocycles. The standard InChI is InChI=1S/C13H15N3O3S/c1-9-7-11(16-19-9)15-13(18)8-14-12(17)5-4-10-3-2-6-20-10/h2-3,6-7H,4-5,8H2,1H3,(H,14,17)(H,15,16,18). The maximum Gasteiger partial charge on any atom is 0.245 e. The summed E-state index contributed by atoms with van der Waals surface area (Å²) in [6, 6.07) is 5.54. The van der Waals surface area contributed by atoms with Gasteiger partial charge in [-0.15, -0.1) is 11.3 Å². The Morgan fingerprint density at radius 1 is 1.40 bits per heavy atom. The van der Waals surface area contributed by atoms with Crippen LogP contribution in [0.5, 0.6) is 0 Å². The van der Waals surface area contributed by atoms with Gasteiger partial charge in [0.2, 0.25) is 11.8 Å². The number of anilines is 1. The van der Waals surface area contributed by atoms with E-state index in [0.29, 0.717) is 24.4 Å². The molecule has 106 valence electrons. The molecule has 0 aliphatic heterocycles. The molecule has 2 N–H and O–H groups in total. The zero-order valence-electron chi connectivity index (χ0n) is 11.0. The number of thiophene rings is 1. The van der Waals surface area contributed by atoms with Crippen LogP contribution in [-0.4, -0.2) is 23.5 Å². The third-order valence-electron chi connectivity index (χ3n) is 2.52. The normalized spacial score (nSPS) is 10.2. The average Bonchev–Trinajstić information content (AvgIpc) is 3.06. The Hall–Kier alpha value is -2.15. The number of carbonyl (C=O) groups excluding carboxylic acids is 2. The molecule has 0 aliphatic rings. The molecular weight excluding hydrogens is 278 g/mol. The van der Waals surface area contributed by atoms with Gasteiger partial charge < -0.3 is 15.2 Å². The van der Waals surface area contributed by atoms with Gasteiger partial charge in [-0.05, 0) is 24.8 Å². The molecule has 2 amide bonds. The number of nitrogens with zero attached hydrogens (tertiary/aromatic N) is 1. The molecule has 0 aromatic carbocycles. The van der Waals surface area contributed by atoms with Crippen molar-refractivity contribution in [3.8, 4) is 0 Å². The highest BCUT2D eigenvalue weighted by Gasteiger charge is 2.08. The number of hydrogen-bond donors (Lipinski definition) is 2. The van der Waals surface area contributed by atoms with E-state index in [9.17, 15) is 9.59 Å². The minimum atomic E-state index is -0.331. The zero-order valence-corrected chi connectivity index (χ0v) is 11.8. The van der Waals surface area contributed by atoms with Crippen LogP contribution in [0.25, 0.3) is 0 Å². The molecule has 0 aliphatic carbocycles. The van der Waals surface area contributed by atoms with Crippen molar-refractivity contribution in [1.82, 2.24) is 10.5 Å². The molecule has 2 heterocycles. The molecule has 0 unspecified atom stereocenters. The lowest BCUT2D eigenvalue weighted by atomic mass is 10.2. The first-order chi connectivity index (χ1) is 9.63.